The van der Waals surface area contributed by atoms with Gasteiger partial charge in [0.05, 0.1) is 33.3 Å². The number of alkyl halides is 3. The minimum atomic E-state index is -4.40. The van der Waals surface area contributed by atoms with Crippen LogP contribution in [0.25, 0.3) is 22.0 Å². The Hall–Kier alpha value is -3.16. The fourth-order valence-electron chi connectivity index (χ4n) is 4.36. The van der Waals surface area contributed by atoms with Crippen LogP contribution in [-0.2, 0) is 19.3 Å². The number of halogens is 4. The van der Waals surface area contributed by atoms with Crippen LogP contribution in [0.5, 0.6) is 11.5 Å². The van der Waals surface area contributed by atoms with Crippen molar-refractivity contribution in [1.29, 1.82) is 0 Å². The summed E-state index contributed by atoms with van der Waals surface area (Å²) in [5.41, 5.74) is 1.28. The molecule has 1 aliphatic rings. The number of nitrogens with zero attached hydrogens (tertiary/aromatic N) is 3. The Morgan fingerprint density at radius 2 is 1.87 bits per heavy atom. The number of likely N-dealkylation sites (tertiary alicyclic amines) is 1. The van der Waals surface area contributed by atoms with E-state index in [0.29, 0.717) is 38.7 Å². The Balaban J connectivity index is 1.41. The summed E-state index contributed by atoms with van der Waals surface area (Å²) < 4.78 is 56.0. The van der Waals surface area contributed by atoms with Crippen molar-refractivity contribution < 1.29 is 27.2 Å². The number of ether oxygens (including phenoxy) is 2. The third kappa shape index (κ3) is 6.36. The van der Waals surface area contributed by atoms with Gasteiger partial charge in [0, 0.05) is 18.2 Å². The van der Waals surface area contributed by atoms with Gasteiger partial charge in [-0.1, -0.05) is 23.7 Å². The molecule has 0 atom stereocenters. The van der Waals surface area contributed by atoms with Crippen molar-refractivity contribution in [2.45, 2.75) is 38.6 Å². The van der Waals surface area contributed by atoms with Crippen LogP contribution in [0.1, 0.15) is 35.4 Å². The van der Waals surface area contributed by atoms with E-state index in [1.54, 1.807) is 12.1 Å². The lowest BCUT2D eigenvalue weighted by Crippen LogP contribution is -2.29. The van der Waals surface area contributed by atoms with Crippen molar-refractivity contribution >= 4 is 27.3 Å². The number of hydrogen-bond acceptors (Lipinski definition) is 8. The van der Waals surface area contributed by atoms with Crippen molar-refractivity contribution in [2.24, 2.45) is 0 Å². The van der Waals surface area contributed by atoms with E-state index < -0.39 is 17.5 Å². The fraction of sp³-hybridized carbons (Fsp3) is 0.346. The minimum absolute atomic E-state index is 0.198. The smallest absolute Gasteiger partial charge is 0.439 e. The van der Waals surface area contributed by atoms with Gasteiger partial charge in [0.1, 0.15) is 23.1 Å². The maximum atomic E-state index is 13.0. The number of piperidine rings is 1. The van der Waals surface area contributed by atoms with E-state index in [9.17, 15) is 18.0 Å². The molecule has 4 aromatic rings. The van der Waals surface area contributed by atoms with Gasteiger partial charge in [-0.05, 0) is 60.1 Å². The van der Waals surface area contributed by atoms with Gasteiger partial charge in [-0.2, -0.15) is 13.2 Å². The van der Waals surface area contributed by atoms with Crippen molar-refractivity contribution in [3.05, 3.63) is 67.6 Å². The third-order valence-corrected chi connectivity index (χ3v) is 8.11. The van der Waals surface area contributed by atoms with E-state index in [1.807, 2.05) is 0 Å². The summed E-state index contributed by atoms with van der Waals surface area (Å²) in [5, 5.41) is 4.35. The van der Waals surface area contributed by atoms with E-state index in [0.717, 1.165) is 48.6 Å². The molecule has 206 valence electrons. The van der Waals surface area contributed by atoms with Gasteiger partial charge in [0.25, 0.3) is 0 Å². The second-order valence-corrected chi connectivity index (χ2v) is 11.0. The minimum Gasteiger partial charge on any atom is -0.496 e. The van der Waals surface area contributed by atoms with Crippen molar-refractivity contribution in [2.75, 3.05) is 20.2 Å². The van der Waals surface area contributed by atoms with E-state index in [-0.39, 0.29) is 12.4 Å². The number of thiazole rings is 1. The third-order valence-electron chi connectivity index (χ3n) is 6.37. The summed E-state index contributed by atoms with van der Waals surface area (Å²) in [6, 6.07) is 8.43. The Kier molecular flexibility index (Phi) is 8.10. The molecule has 1 saturated heterocycles. The van der Waals surface area contributed by atoms with Crippen LogP contribution in [0.4, 0.5) is 13.2 Å². The first-order chi connectivity index (χ1) is 18.7. The molecule has 5 rings (SSSR count). The lowest BCUT2D eigenvalue weighted by atomic mass is 10.1. The number of aromatic nitrogens is 3. The van der Waals surface area contributed by atoms with Crippen molar-refractivity contribution in [3.63, 3.8) is 0 Å². The molecule has 0 amide bonds. The molecule has 1 fully saturated rings. The quantitative estimate of drug-likeness (QED) is 0.239. The maximum Gasteiger partial charge on any atom is 0.439 e. The van der Waals surface area contributed by atoms with Crippen molar-refractivity contribution in [1.82, 2.24) is 20.0 Å². The monoisotopic (exact) mass is 624 g/mol. The predicted molar refractivity (Wildman–Crippen MR) is 143 cm³/mol. The topological polar surface area (TPSA) is 93.5 Å². The lowest BCUT2D eigenvalue weighted by Gasteiger charge is -2.25. The van der Waals surface area contributed by atoms with Gasteiger partial charge in [0.2, 0.25) is 0 Å². The van der Waals surface area contributed by atoms with Crippen LogP contribution in [0.2, 0.25) is 0 Å². The number of H-pyrrole nitrogens is 1. The highest BCUT2D eigenvalue weighted by Crippen LogP contribution is 2.39. The van der Waals surface area contributed by atoms with E-state index in [4.69, 9.17) is 14.5 Å². The molecule has 0 bridgehead atoms. The van der Waals surface area contributed by atoms with Crippen LogP contribution >= 0.6 is 27.3 Å². The number of aromatic amines is 1. The molecule has 2 aromatic heterocycles. The average Bonchev–Trinajstić information content (AvgIpc) is 3.54. The van der Waals surface area contributed by atoms with E-state index in [2.05, 4.69) is 35.5 Å². The first kappa shape index (κ1) is 27.4. The SMILES string of the molecule is COc1cc(OCc2sc(-c3ccc(C(F)(F)F)cc3)nc2CN2CCCCC2)c(Br)cc1-c1noc(=O)[nH]1. The molecule has 1 N–H and O–H groups in total. The average molecular weight is 625 g/mol. The highest BCUT2D eigenvalue weighted by Gasteiger charge is 2.30. The largest absolute Gasteiger partial charge is 0.496 e. The van der Waals surface area contributed by atoms with E-state index >= 15 is 0 Å². The molecule has 3 heterocycles. The summed E-state index contributed by atoms with van der Waals surface area (Å²) in [7, 11) is 1.49. The van der Waals surface area contributed by atoms with Crippen LogP contribution in [-0.4, -0.2) is 40.2 Å². The van der Waals surface area contributed by atoms with Gasteiger partial charge in [-0.3, -0.25) is 14.4 Å². The normalized spacial score (nSPS) is 14.5. The van der Waals surface area contributed by atoms with Crippen LogP contribution in [0, 0.1) is 0 Å². The van der Waals surface area contributed by atoms with Gasteiger partial charge in [-0.25, -0.2) is 9.78 Å². The molecule has 1 aliphatic heterocycles. The molecule has 0 aliphatic carbocycles. The maximum absolute atomic E-state index is 13.0. The standard InChI is InChI=1S/C26H24BrF3N4O4S/c1-36-20-12-21(18(27)11-17(20)23-32-25(35)38-33-23)37-14-22-19(13-34-9-3-2-4-10-34)31-24(39-22)15-5-7-16(8-6-15)26(28,29)30/h5-8,11-12H,2-4,9-10,13-14H2,1H3,(H,32,33,35). The Morgan fingerprint density at radius 3 is 2.51 bits per heavy atom. The molecule has 0 radical (unpaired) electrons. The lowest BCUT2D eigenvalue weighted by molar-refractivity contribution is -0.137. The van der Waals surface area contributed by atoms with Crippen LogP contribution in [0.3, 0.4) is 0 Å². The summed E-state index contributed by atoms with van der Waals surface area (Å²) >= 11 is 4.91. The molecular weight excluding hydrogens is 601 g/mol. The molecule has 13 heteroatoms. The summed E-state index contributed by atoms with van der Waals surface area (Å²) in [6.45, 7) is 2.78. The van der Waals surface area contributed by atoms with Gasteiger partial charge in [-0.15, -0.1) is 11.3 Å². The Bertz CT molecular complexity index is 1490. The Morgan fingerprint density at radius 1 is 1.13 bits per heavy atom. The second kappa shape index (κ2) is 11.5. The number of benzene rings is 2. The molecule has 0 unspecified atom stereocenters. The van der Waals surface area contributed by atoms with Crippen molar-refractivity contribution in [3.8, 4) is 33.5 Å². The first-order valence-corrected chi connectivity index (χ1v) is 13.8. The zero-order valence-corrected chi connectivity index (χ0v) is 23.2. The number of methoxy groups -OCH3 is 1. The molecule has 0 spiro atoms. The van der Waals surface area contributed by atoms with Gasteiger partial charge >= 0.3 is 11.9 Å². The second-order valence-electron chi connectivity index (χ2n) is 9.02. The molecule has 0 saturated carbocycles. The van der Waals surface area contributed by atoms with Gasteiger partial charge < -0.3 is 9.47 Å². The molecule has 2 aromatic carbocycles. The fourth-order valence-corrected chi connectivity index (χ4v) is 5.81. The molecule has 39 heavy (non-hydrogen) atoms. The Labute approximate surface area is 233 Å². The number of hydrogen-bond donors (Lipinski definition) is 1. The molecule has 8 nitrogen and oxygen atoms in total. The van der Waals surface area contributed by atoms with Crippen LogP contribution < -0.4 is 15.2 Å². The number of nitrogens with one attached hydrogen (secondary N) is 1. The highest BCUT2D eigenvalue weighted by molar-refractivity contribution is 9.10. The summed E-state index contributed by atoms with van der Waals surface area (Å²) in [5.74, 6) is 0.450. The van der Waals surface area contributed by atoms with E-state index in [1.165, 1.54) is 37.0 Å². The summed E-state index contributed by atoms with van der Waals surface area (Å²) in [6.07, 6.45) is -0.948. The zero-order valence-electron chi connectivity index (χ0n) is 20.8. The zero-order chi connectivity index (χ0) is 27.6. The first-order valence-electron chi connectivity index (χ1n) is 12.2. The number of rotatable bonds is 8. The predicted octanol–water partition coefficient (Wildman–Crippen LogP) is 6.51. The molecular formula is C26H24BrF3N4O4S. The highest BCUT2D eigenvalue weighted by atomic mass is 79.9. The van der Waals surface area contributed by atoms with Gasteiger partial charge in [0.15, 0.2) is 5.82 Å². The summed E-state index contributed by atoms with van der Waals surface area (Å²) in [4.78, 5) is 21.9. The van der Waals surface area contributed by atoms with Crippen LogP contribution in [0.15, 0.2) is 50.2 Å².